The minimum atomic E-state index is 0.583. The third-order valence-corrected chi connectivity index (χ3v) is 4.55. The van der Waals surface area contributed by atoms with Crippen molar-refractivity contribution in [2.45, 2.75) is 85.0 Å². The molecule has 0 N–H and O–H groups in total. The maximum absolute atomic E-state index is 2.51. The maximum Gasteiger partial charge on any atom is -0.0291 e. The smallest absolute Gasteiger partial charge is 0.0291 e. The molecule has 1 saturated carbocycles. The van der Waals surface area contributed by atoms with E-state index in [1.165, 1.54) is 64.2 Å². The summed E-state index contributed by atoms with van der Waals surface area (Å²) in [6.07, 6.45) is 18.9. The largest absolute Gasteiger partial charge is 0.0916 e. The summed E-state index contributed by atoms with van der Waals surface area (Å²) in [7, 11) is 0. The first-order chi connectivity index (χ1) is 8.16. The minimum absolute atomic E-state index is 0.583. The molecule has 0 amide bonds. The lowest BCUT2D eigenvalue weighted by molar-refractivity contribution is 0.256. The fourth-order valence-corrected chi connectivity index (χ4v) is 3.14. The van der Waals surface area contributed by atoms with Gasteiger partial charge in [0.2, 0.25) is 0 Å². The molecule has 2 atom stereocenters. The molecule has 0 spiro atoms. The van der Waals surface area contributed by atoms with Crippen molar-refractivity contribution in [2.75, 3.05) is 0 Å². The van der Waals surface area contributed by atoms with Crippen molar-refractivity contribution < 1.29 is 0 Å². The van der Waals surface area contributed by atoms with E-state index in [0.717, 1.165) is 5.92 Å². The summed E-state index contributed by atoms with van der Waals surface area (Å²) in [4.78, 5) is 0. The molecule has 100 valence electrons. The second-order valence-corrected chi connectivity index (χ2v) is 6.53. The summed E-state index contributed by atoms with van der Waals surface area (Å²) in [6.45, 7) is 7.10. The number of hydrogen-bond donors (Lipinski definition) is 0. The molecule has 0 aromatic rings. The number of hydrogen-bond acceptors (Lipinski definition) is 0. The standard InChI is InChI=1S/C17H32/c1-4-5-13-17(3)14-9-6-7-11-16(2)12-8-10-15-17/h4-5,16H,6-15H2,1-3H3. The van der Waals surface area contributed by atoms with Crippen LogP contribution in [0, 0.1) is 11.3 Å². The van der Waals surface area contributed by atoms with Gasteiger partial charge in [0.15, 0.2) is 0 Å². The maximum atomic E-state index is 2.51. The highest BCUT2D eigenvalue weighted by Gasteiger charge is 2.22. The van der Waals surface area contributed by atoms with Crippen LogP contribution in [0.5, 0.6) is 0 Å². The van der Waals surface area contributed by atoms with Gasteiger partial charge >= 0.3 is 0 Å². The van der Waals surface area contributed by atoms with Gasteiger partial charge in [0, 0.05) is 0 Å². The van der Waals surface area contributed by atoms with Crippen molar-refractivity contribution in [3.8, 4) is 0 Å². The Kier molecular flexibility index (Phi) is 6.92. The van der Waals surface area contributed by atoms with Gasteiger partial charge in [-0.1, -0.05) is 70.9 Å². The first-order valence-electron chi connectivity index (χ1n) is 7.77. The van der Waals surface area contributed by atoms with Gasteiger partial charge in [-0.05, 0) is 37.5 Å². The summed E-state index contributed by atoms with van der Waals surface area (Å²) >= 11 is 0. The molecule has 1 rings (SSSR count). The molecule has 1 fully saturated rings. The van der Waals surface area contributed by atoms with Crippen LogP contribution < -0.4 is 0 Å². The molecular formula is C17H32. The van der Waals surface area contributed by atoms with Crippen LogP contribution in [0.2, 0.25) is 0 Å². The Bertz CT molecular complexity index is 216. The fourth-order valence-electron chi connectivity index (χ4n) is 3.14. The van der Waals surface area contributed by atoms with E-state index in [-0.39, 0.29) is 0 Å². The molecule has 0 saturated heterocycles. The molecule has 0 aromatic carbocycles. The predicted molar refractivity (Wildman–Crippen MR) is 78.3 cm³/mol. The monoisotopic (exact) mass is 236 g/mol. The number of allylic oxidation sites excluding steroid dienone is 2. The predicted octanol–water partition coefficient (Wildman–Crippen LogP) is 6.12. The van der Waals surface area contributed by atoms with Gasteiger partial charge in [-0.15, -0.1) is 0 Å². The lowest BCUT2D eigenvalue weighted by Crippen LogP contribution is -2.15. The Morgan fingerprint density at radius 3 is 2.24 bits per heavy atom. The SMILES string of the molecule is CC=CCC1(C)CCCCCC(C)CCCC1. The van der Waals surface area contributed by atoms with Gasteiger partial charge in [-0.2, -0.15) is 0 Å². The van der Waals surface area contributed by atoms with Crippen LogP contribution in [-0.4, -0.2) is 0 Å². The van der Waals surface area contributed by atoms with E-state index in [9.17, 15) is 0 Å². The molecule has 2 unspecified atom stereocenters. The van der Waals surface area contributed by atoms with Crippen LogP contribution in [-0.2, 0) is 0 Å². The second kappa shape index (κ2) is 7.95. The molecule has 0 aliphatic heterocycles. The summed E-state index contributed by atoms with van der Waals surface area (Å²) in [5.41, 5.74) is 0.583. The third kappa shape index (κ3) is 6.29. The van der Waals surface area contributed by atoms with Crippen LogP contribution in [0.25, 0.3) is 0 Å². The summed E-state index contributed by atoms with van der Waals surface area (Å²) in [6, 6.07) is 0. The lowest BCUT2D eigenvalue weighted by atomic mass is 9.77. The molecule has 1 aliphatic carbocycles. The molecule has 0 aromatic heterocycles. The van der Waals surface area contributed by atoms with E-state index in [2.05, 4.69) is 32.9 Å². The highest BCUT2D eigenvalue weighted by molar-refractivity contribution is 4.87. The highest BCUT2D eigenvalue weighted by atomic mass is 14.3. The Morgan fingerprint density at radius 2 is 1.59 bits per heavy atom. The van der Waals surface area contributed by atoms with Crippen LogP contribution in [0.3, 0.4) is 0 Å². The zero-order valence-corrected chi connectivity index (χ0v) is 12.3. The molecule has 0 bridgehead atoms. The molecular weight excluding hydrogens is 204 g/mol. The van der Waals surface area contributed by atoms with Crippen LogP contribution in [0.15, 0.2) is 12.2 Å². The van der Waals surface area contributed by atoms with Crippen LogP contribution >= 0.6 is 0 Å². The minimum Gasteiger partial charge on any atom is -0.0916 e. The summed E-state index contributed by atoms with van der Waals surface area (Å²) < 4.78 is 0. The third-order valence-electron chi connectivity index (χ3n) is 4.55. The van der Waals surface area contributed by atoms with Crippen molar-refractivity contribution in [1.82, 2.24) is 0 Å². The highest BCUT2D eigenvalue weighted by Crippen LogP contribution is 2.36. The molecule has 0 nitrogen and oxygen atoms in total. The molecule has 0 radical (unpaired) electrons. The van der Waals surface area contributed by atoms with E-state index < -0.39 is 0 Å². The van der Waals surface area contributed by atoms with E-state index in [1.54, 1.807) is 0 Å². The first kappa shape index (κ1) is 14.8. The molecule has 1 aliphatic rings. The normalized spacial score (nSPS) is 33.5. The fraction of sp³-hybridized carbons (Fsp3) is 0.882. The van der Waals surface area contributed by atoms with Crippen molar-refractivity contribution in [3.05, 3.63) is 12.2 Å². The van der Waals surface area contributed by atoms with E-state index in [4.69, 9.17) is 0 Å². The Morgan fingerprint density at radius 1 is 1.00 bits per heavy atom. The van der Waals surface area contributed by atoms with Gasteiger partial charge in [-0.25, -0.2) is 0 Å². The Balaban J connectivity index is 2.47. The molecule has 0 heteroatoms. The van der Waals surface area contributed by atoms with Gasteiger partial charge in [0.1, 0.15) is 0 Å². The van der Waals surface area contributed by atoms with Crippen molar-refractivity contribution in [3.63, 3.8) is 0 Å². The van der Waals surface area contributed by atoms with E-state index in [0.29, 0.717) is 5.41 Å². The van der Waals surface area contributed by atoms with Gasteiger partial charge < -0.3 is 0 Å². The van der Waals surface area contributed by atoms with Gasteiger partial charge in [0.25, 0.3) is 0 Å². The van der Waals surface area contributed by atoms with Crippen molar-refractivity contribution in [2.24, 2.45) is 11.3 Å². The quantitative estimate of drug-likeness (QED) is 0.507. The van der Waals surface area contributed by atoms with Crippen LogP contribution in [0.4, 0.5) is 0 Å². The molecule has 0 heterocycles. The topological polar surface area (TPSA) is 0 Å². The van der Waals surface area contributed by atoms with Gasteiger partial charge in [0.05, 0.1) is 0 Å². The second-order valence-electron chi connectivity index (χ2n) is 6.53. The van der Waals surface area contributed by atoms with Gasteiger partial charge in [-0.3, -0.25) is 0 Å². The van der Waals surface area contributed by atoms with Crippen LogP contribution in [0.1, 0.15) is 85.0 Å². The van der Waals surface area contributed by atoms with E-state index in [1.807, 2.05) is 0 Å². The average Bonchev–Trinajstić information content (AvgIpc) is 2.34. The Labute approximate surface area is 109 Å². The molecule has 17 heavy (non-hydrogen) atoms. The zero-order chi connectivity index (χ0) is 12.6. The summed E-state index contributed by atoms with van der Waals surface area (Å²) in [5, 5.41) is 0. The zero-order valence-electron chi connectivity index (χ0n) is 12.3. The van der Waals surface area contributed by atoms with Crippen molar-refractivity contribution in [1.29, 1.82) is 0 Å². The Hall–Kier alpha value is -0.260. The van der Waals surface area contributed by atoms with E-state index >= 15 is 0 Å². The lowest BCUT2D eigenvalue weighted by Gasteiger charge is -2.28. The summed E-state index contributed by atoms with van der Waals surface area (Å²) in [5.74, 6) is 0.967. The average molecular weight is 236 g/mol. The van der Waals surface area contributed by atoms with Crippen molar-refractivity contribution >= 4 is 0 Å². The number of rotatable bonds is 2. The first-order valence-corrected chi connectivity index (χ1v) is 7.77.